The lowest BCUT2D eigenvalue weighted by atomic mass is 10.2. The van der Waals surface area contributed by atoms with E-state index in [2.05, 4.69) is 20.2 Å². The van der Waals surface area contributed by atoms with E-state index < -0.39 is 0 Å². The van der Waals surface area contributed by atoms with E-state index in [9.17, 15) is 4.79 Å². The van der Waals surface area contributed by atoms with Crippen molar-refractivity contribution in [1.29, 1.82) is 0 Å². The summed E-state index contributed by atoms with van der Waals surface area (Å²) in [5.41, 5.74) is 0.963. The van der Waals surface area contributed by atoms with Crippen molar-refractivity contribution in [2.75, 3.05) is 11.4 Å². The minimum Gasteiger partial charge on any atom is -0.472 e. The van der Waals surface area contributed by atoms with Crippen LogP contribution in [0.15, 0.2) is 40.8 Å². The number of aromatic nitrogens is 2. The molecule has 4 heterocycles. The second-order valence-corrected chi connectivity index (χ2v) is 6.43. The summed E-state index contributed by atoms with van der Waals surface area (Å²) < 4.78 is 5.02. The van der Waals surface area contributed by atoms with Gasteiger partial charge in [0, 0.05) is 18.7 Å². The van der Waals surface area contributed by atoms with Crippen LogP contribution < -0.4 is 10.2 Å². The third-order valence-electron chi connectivity index (χ3n) is 4.12. The lowest BCUT2D eigenvalue weighted by Gasteiger charge is -2.25. The Morgan fingerprint density at radius 1 is 1.43 bits per heavy atom. The number of nitrogens with one attached hydrogen (secondary N) is 1. The summed E-state index contributed by atoms with van der Waals surface area (Å²) in [6.45, 7) is 1.32. The molecule has 0 saturated carbocycles. The number of fused-ring (bicyclic) bond motifs is 1. The molecule has 3 aromatic heterocycles. The molecule has 0 unspecified atom stereocenters. The monoisotopic (exact) mass is 328 g/mol. The van der Waals surface area contributed by atoms with Gasteiger partial charge < -0.3 is 14.6 Å². The molecule has 1 amide bonds. The number of furan rings is 1. The van der Waals surface area contributed by atoms with Crippen molar-refractivity contribution in [2.45, 2.75) is 25.4 Å². The minimum atomic E-state index is -0.181. The molecule has 1 aliphatic rings. The van der Waals surface area contributed by atoms with Crippen molar-refractivity contribution >= 4 is 33.3 Å². The van der Waals surface area contributed by atoms with Gasteiger partial charge in [0.25, 0.3) is 0 Å². The van der Waals surface area contributed by atoms with Crippen LogP contribution in [0.3, 0.4) is 0 Å². The number of hydrogen-bond acceptors (Lipinski definition) is 6. The summed E-state index contributed by atoms with van der Waals surface area (Å²) in [4.78, 5) is 24.3. The highest BCUT2D eigenvalue weighted by Crippen LogP contribution is 2.31. The van der Waals surface area contributed by atoms with Crippen LogP contribution in [-0.2, 0) is 11.3 Å². The smallest absolute Gasteiger partial charge is 0.243 e. The van der Waals surface area contributed by atoms with Gasteiger partial charge >= 0.3 is 0 Å². The molecule has 23 heavy (non-hydrogen) atoms. The average molecular weight is 328 g/mol. The maximum atomic E-state index is 12.6. The van der Waals surface area contributed by atoms with Crippen LogP contribution in [0.5, 0.6) is 0 Å². The first-order chi connectivity index (χ1) is 11.3. The van der Waals surface area contributed by atoms with Gasteiger partial charge in [0.15, 0.2) is 0 Å². The molecule has 3 aromatic rings. The Morgan fingerprint density at radius 3 is 3.26 bits per heavy atom. The lowest BCUT2D eigenvalue weighted by Crippen LogP contribution is -2.43. The van der Waals surface area contributed by atoms with Gasteiger partial charge in [0.1, 0.15) is 23.0 Å². The quantitative estimate of drug-likeness (QED) is 0.797. The van der Waals surface area contributed by atoms with E-state index in [1.165, 1.54) is 0 Å². The molecule has 0 bridgehead atoms. The largest absolute Gasteiger partial charge is 0.472 e. The summed E-state index contributed by atoms with van der Waals surface area (Å²) in [5.74, 6) is 0.892. The van der Waals surface area contributed by atoms with Gasteiger partial charge in [-0.2, -0.15) is 0 Å². The SMILES string of the molecule is O=C(NCc1ccoc1)[C@@H]1CCCN1c1ncnc2sccc12. The van der Waals surface area contributed by atoms with Gasteiger partial charge in [0.2, 0.25) is 5.91 Å². The highest BCUT2D eigenvalue weighted by molar-refractivity contribution is 7.16. The number of nitrogens with zero attached hydrogens (tertiary/aromatic N) is 3. The van der Waals surface area contributed by atoms with Crippen LogP contribution in [-0.4, -0.2) is 28.5 Å². The number of rotatable bonds is 4. The predicted molar refractivity (Wildman–Crippen MR) is 88.3 cm³/mol. The molecule has 118 valence electrons. The van der Waals surface area contributed by atoms with Crippen molar-refractivity contribution in [2.24, 2.45) is 0 Å². The fourth-order valence-corrected chi connectivity index (χ4v) is 3.73. The molecule has 0 aromatic carbocycles. The molecule has 4 rings (SSSR count). The molecule has 0 spiro atoms. The average Bonchev–Trinajstić information content (AvgIpc) is 3.32. The maximum absolute atomic E-state index is 12.6. The second kappa shape index (κ2) is 6.00. The van der Waals surface area contributed by atoms with Crippen molar-refractivity contribution < 1.29 is 9.21 Å². The molecule has 6 nitrogen and oxygen atoms in total. The summed E-state index contributed by atoms with van der Waals surface area (Å²) in [7, 11) is 0. The fourth-order valence-electron chi connectivity index (χ4n) is 3.00. The third kappa shape index (κ3) is 2.68. The number of carbonyl (C=O) groups is 1. The first-order valence-corrected chi connectivity index (χ1v) is 8.44. The van der Waals surface area contributed by atoms with Crippen molar-refractivity contribution in [3.05, 3.63) is 41.9 Å². The van der Waals surface area contributed by atoms with E-state index in [0.717, 1.165) is 41.0 Å². The van der Waals surface area contributed by atoms with Gasteiger partial charge in [-0.3, -0.25) is 4.79 Å². The molecule has 0 aliphatic carbocycles. The van der Waals surface area contributed by atoms with Crippen molar-refractivity contribution in [3.63, 3.8) is 0 Å². The van der Waals surface area contributed by atoms with Gasteiger partial charge in [-0.1, -0.05) is 0 Å². The Balaban J connectivity index is 1.54. The van der Waals surface area contributed by atoms with Crippen LogP contribution in [0.2, 0.25) is 0 Å². The van der Waals surface area contributed by atoms with Crippen LogP contribution in [0.25, 0.3) is 10.2 Å². The molecule has 1 N–H and O–H groups in total. The number of carbonyl (C=O) groups excluding carboxylic acids is 1. The summed E-state index contributed by atoms with van der Waals surface area (Å²) in [6, 6.07) is 3.69. The first-order valence-electron chi connectivity index (χ1n) is 7.56. The molecular formula is C16H16N4O2S. The molecule has 1 saturated heterocycles. The van der Waals surface area contributed by atoms with Crippen molar-refractivity contribution in [1.82, 2.24) is 15.3 Å². The van der Waals surface area contributed by atoms with E-state index >= 15 is 0 Å². The van der Waals surface area contributed by atoms with Gasteiger partial charge in [-0.15, -0.1) is 11.3 Å². The minimum absolute atomic E-state index is 0.0330. The zero-order chi connectivity index (χ0) is 15.6. The maximum Gasteiger partial charge on any atom is 0.243 e. The van der Waals surface area contributed by atoms with E-state index in [1.54, 1.807) is 30.2 Å². The number of amides is 1. The zero-order valence-electron chi connectivity index (χ0n) is 12.4. The standard InChI is InChI=1S/C16H16N4O2S/c21-15(17-8-11-3-6-22-9-11)13-2-1-5-20(13)14-12-4-7-23-16(12)19-10-18-14/h3-4,6-7,9-10,13H,1-2,5,8H2,(H,17,21)/t13-/m0/s1. The normalized spacial score (nSPS) is 17.7. The fraction of sp³-hybridized carbons (Fsp3) is 0.312. The second-order valence-electron chi connectivity index (χ2n) is 5.54. The highest BCUT2D eigenvalue weighted by Gasteiger charge is 2.32. The summed E-state index contributed by atoms with van der Waals surface area (Å²) >= 11 is 1.59. The molecular weight excluding hydrogens is 312 g/mol. The molecule has 1 aliphatic heterocycles. The predicted octanol–water partition coefficient (Wildman–Crippen LogP) is 2.57. The Morgan fingerprint density at radius 2 is 2.39 bits per heavy atom. The topological polar surface area (TPSA) is 71.3 Å². The molecule has 1 fully saturated rings. The Kier molecular flexibility index (Phi) is 3.70. The van der Waals surface area contributed by atoms with E-state index in [4.69, 9.17) is 4.42 Å². The van der Waals surface area contributed by atoms with Crippen molar-refractivity contribution in [3.8, 4) is 0 Å². The lowest BCUT2D eigenvalue weighted by molar-refractivity contribution is -0.122. The number of anilines is 1. The van der Waals surface area contributed by atoms with E-state index in [-0.39, 0.29) is 11.9 Å². The molecule has 7 heteroatoms. The molecule has 0 radical (unpaired) electrons. The van der Waals surface area contributed by atoms with Crippen LogP contribution in [0, 0.1) is 0 Å². The van der Waals surface area contributed by atoms with Crippen LogP contribution in [0.4, 0.5) is 5.82 Å². The van der Waals surface area contributed by atoms with Gasteiger partial charge in [-0.05, 0) is 30.4 Å². The number of hydrogen-bond donors (Lipinski definition) is 1. The molecule has 1 atom stereocenters. The van der Waals surface area contributed by atoms with Gasteiger partial charge in [-0.25, -0.2) is 9.97 Å². The summed E-state index contributed by atoms with van der Waals surface area (Å²) in [5, 5.41) is 6.01. The van der Waals surface area contributed by atoms with Crippen LogP contribution in [0.1, 0.15) is 18.4 Å². The zero-order valence-corrected chi connectivity index (χ0v) is 13.3. The third-order valence-corrected chi connectivity index (χ3v) is 4.94. The van der Waals surface area contributed by atoms with E-state index in [0.29, 0.717) is 6.54 Å². The first kappa shape index (κ1) is 14.2. The summed E-state index contributed by atoms with van der Waals surface area (Å²) in [6.07, 6.45) is 6.66. The highest BCUT2D eigenvalue weighted by atomic mass is 32.1. The number of thiophene rings is 1. The van der Waals surface area contributed by atoms with Gasteiger partial charge in [0.05, 0.1) is 17.9 Å². The Labute approximate surface area is 137 Å². The van der Waals surface area contributed by atoms with E-state index in [1.807, 2.05) is 17.5 Å². The Hall–Kier alpha value is -2.41. The Bertz CT molecular complexity index is 814. The van der Waals surface area contributed by atoms with Crippen LogP contribution >= 0.6 is 11.3 Å².